The smallest absolute Gasteiger partial charge is 0.330 e. The van der Waals surface area contributed by atoms with Crippen molar-refractivity contribution in [3.63, 3.8) is 0 Å². The maximum atomic E-state index is 12.5. The molecular formula is C19H22N2O5S. The first kappa shape index (κ1) is 20.6. The van der Waals surface area contributed by atoms with Crippen molar-refractivity contribution in [1.29, 1.82) is 0 Å². The second-order valence-corrected chi connectivity index (χ2v) is 8.63. The van der Waals surface area contributed by atoms with E-state index in [4.69, 9.17) is 0 Å². The Hall–Kier alpha value is -2.71. The molecule has 2 rings (SSSR count). The van der Waals surface area contributed by atoms with Crippen LogP contribution in [0.25, 0.3) is 0 Å². The first-order chi connectivity index (χ1) is 12.5. The lowest BCUT2D eigenvalue weighted by Gasteiger charge is -2.17. The lowest BCUT2D eigenvalue weighted by Crippen LogP contribution is -2.34. The van der Waals surface area contributed by atoms with Crippen molar-refractivity contribution in [2.75, 3.05) is 14.1 Å². The molecule has 0 aliphatic carbocycles. The van der Waals surface area contributed by atoms with Gasteiger partial charge in [0.1, 0.15) is 0 Å². The Morgan fingerprint density at radius 1 is 1.00 bits per heavy atom. The highest BCUT2D eigenvalue weighted by Crippen LogP contribution is 2.19. The molecule has 7 nitrogen and oxygen atoms in total. The van der Waals surface area contributed by atoms with Gasteiger partial charge in [-0.15, -0.1) is 0 Å². The molecule has 2 N–H and O–H groups in total. The van der Waals surface area contributed by atoms with Gasteiger partial charge in [-0.25, -0.2) is 17.5 Å². The van der Waals surface area contributed by atoms with E-state index in [9.17, 15) is 23.1 Å². The van der Waals surface area contributed by atoms with Gasteiger partial charge in [0.15, 0.2) is 6.04 Å². The molecule has 27 heavy (non-hydrogen) atoms. The van der Waals surface area contributed by atoms with Gasteiger partial charge in [0.05, 0.1) is 4.90 Å². The van der Waals surface area contributed by atoms with E-state index < -0.39 is 27.9 Å². The summed E-state index contributed by atoms with van der Waals surface area (Å²) in [6, 6.07) is 9.46. The molecule has 1 unspecified atom stereocenters. The van der Waals surface area contributed by atoms with Crippen LogP contribution < -0.4 is 5.32 Å². The second-order valence-electron chi connectivity index (χ2n) is 6.48. The molecule has 0 saturated heterocycles. The van der Waals surface area contributed by atoms with Gasteiger partial charge >= 0.3 is 5.97 Å². The summed E-state index contributed by atoms with van der Waals surface area (Å²) in [5.74, 6) is -1.78. The summed E-state index contributed by atoms with van der Waals surface area (Å²) in [6.07, 6.45) is 0. The molecule has 0 aliphatic heterocycles. The number of nitrogens with zero attached hydrogens (tertiary/aromatic N) is 1. The minimum Gasteiger partial charge on any atom is -0.479 e. The van der Waals surface area contributed by atoms with Gasteiger partial charge in [-0.2, -0.15) is 0 Å². The summed E-state index contributed by atoms with van der Waals surface area (Å²) in [4.78, 5) is 24.2. The van der Waals surface area contributed by atoms with Gasteiger partial charge in [-0.1, -0.05) is 29.3 Å². The lowest BCUT2D eigenvalue weighted by molar-refractivity contribution is -0.139. The number of carbonyl (C=O) groups excluding carboxylic acids is 1. The molecule has 0 radical (unpaired) electrons. The number of rotatable bonds is 6. The van der Waals surface area contributed by atoms with Crippen molar-refractivity contribution in [3.05, 3.63) is 64.7 Å². The number of carbonyl (C=O) groups is 2. The van der Waals surface area contributed by atoms with E-state index in [1.54, 1.807) is 12.1 Å². The molecule has 144 valence electrons. The quantitative estimate of drug-likeness (QED) is 0.786. The summed E-state index contributed by atoms with van der Waals surface area (Å²) < 4.78 is 25.2. The maximum Gasteiger partial charge on any atom is 0.330 e. The van der Waals surface area contributed by atoms with Crippen LogP contribution in [0, 0.1) is 13.8 Å². The maximum absolute atomic E-state index is 12.5. The molecule has 0 bridgehead atoms. The number of benzene rings is 2. The van der Waals surface area contributed by atoms with Crippen LogP contribution in [0.4, 0.5) is 0 Å². The van der Waals surface area contributed by atoms with Crippen LogP contribution in [0.1, 0.15) is 33.1 Å². The summed E-state index contributed by atoms with van der Waals surface area (Å²) >= 11 is 0. The third kappa shape index (κ3) is 4.72. The average Bonchev–Trinajstić information content (AvgIpc) is 2.58. The van der Waals surface area contributed by atoms with E-state index in [0.717, 1.165) is 15.4 Å². The summed E-state index contributed by atoms with van der Waals surface area (Å²) in [7, 11) is -0.773. The molecule has 0 aliphatic rings. The molecule has 8 heteroatoms. The molecule has 0 spiro atoms. The van der Waals surface area contributed by atoms with Gasteiger partial charge in [0, 0.05) is 19.7 Å². The van der Waals surface area contributed by atoms with Crippen LogP contribution in [-0.2, 0) is 14.8 Å². The van der Waals surface area contributed by atoms with E-state index >= 15 is 0 Å². The Morgan fingerprint density at radius 2 is 1.52 bits per heavy atom. The number of amides is 1. The normalized spacial score (nSPS) is 12.6. The van der Waals surface area contributed by atoms with Crippen LogP contribution in [0.3, 0.4) is 0 Å². The fraction of sp³-hybridized carbons (Fsp3) is 0.263. The van der Waals surface area contributed by atoms with Crippen LogP contribution in [0.5, 0.6) is 0 Å². The average molecular weight is 390 g/mol. The predicted molar refractivity (Wildman–Crippen MR) is 101 cm³/mol. The first-order valence-electron chi connectivity index (χ1n) is 8.17. The topological polar surface area (TPSA) is 104 Å². The highest BCUT2D eigenvalue weighted by molar-refractivity contribution is 7.89. The summed E-state index contributed by atoms with van der Waals surface area (Å²) in [6.45, 7) is 3.70. The number of carboxylic acid groups (broad SMARTS) is 1. The molecule has 0 fully saturated rings. The third-order valence-corrected chi connectivity index (χ3v) is 5.82. The first-order valence-corrected chi connectivity index (χ1v) is 9.61. The monoisotopic (exact) mass is 390 g/mol. The van der Waals surface area contributed by atoms with E-state index in [-0.39, 0.29) is 10.5 Å². The molecule has 2 aromatic rings. The zero-order valence-corrected chi connectivity index (χ0v) is 16.4. The van der Waals surface area contributed by atoms with Crippen LogP contribution in [-0.4, -0.2) is 43.8 Å². The van der Waals surface area contributed by atoms with E-state index in [0.29, 0.717) is 5.56 Å². The largest absolute Gasteiger partial charge is 0.479 e. The number of hydrogen-bond acceptors (Lipinski definition) is 4. The minimum absolute atomic E-state index is 0.0492. The van der Waals surface area contributed by atoms with Crippen molar-refractivity contribution in [3.8, 4) is 0 Å². The van der Waals surface area contributed by atoms with Crippen LogP contribution in [0.15, 0.2) is 47.4 Å². The number of hydrogen-bond donors (Lipinski definition) is 2. The Kier molecular flexibility index (Phi) is 6.02. The number of carboxylic acids is 1. The fourth-order valence-corrected chi connectivity index (χ4v) is 3.57. The van der Waals surface area contributed by atoms with E-state index in [1.807, 2.05) is 19.9 Å². The fourth-order valence-electron chi connectivity index (χ4n) is 2.67. The van der Waals surface area contributed by atoms with E-state index in [2.05, 4.69) is 5.32 Å². The molecule has 0 aromatic heterocycles. The number of aryl methyl sites for hydroxylation is 2. The molecular weight excluding hydrogens is 368 g/mol. The van der Waals surface area contributed by atoms with Gasteiger partial charge in [-0.3, -0.25) is 4.79 Å². The predicted octanol–water partition coefficient (Wildman–Crippen LogP) is 2.11. The third-order valence-electron chi connectivity index (χ3n) is 3.99. The zero-order valence-electron chi connectivity index (χ0n) is 15.6. The SMILES string of the molecule is Cc1cc(C)cc(C(NC(=O)c2ccc(S(=O)(=O)N(C)C)cc2)C(=O)O)c1. The minimum atomic E-state index is -3.60. The molecule has 1 amide bonds. The molecule has 0 heterocycles. The number of aliphatic carboxylic acids is 1. The highest BCUT2D eigenvalue weighted by Gasteiger charge is 2.24. The van der Waals surface area contributed by atoms with Crippen molar-refractivity contribution in [1.82, 2.24) is 9.62 Å². The highest BCUT2D eigenvalue weighted by atomic mass is 32.2. The van der Waals surface area contributed by atoms with Crippen LogP contribution >= 0.6 is 0 Å². The molecule has 2 aromatic carbocycles. The number of sulfonamides is 1. The lowest BCUT2D eigenvalue weighted by atomic mass is 10.0. The van der Waals surface area contributed by atoms with E-state index in [1.165, 1.54) is 38.4 Å². The van der Waals surface area contributed by atoms with Crippen molar-refractivity contribution >= 4 is 21.9 Å². The molecule has 0 saturated carbocycles. The molecule has 1 atom stereocenters. The van der Waals surface area contributed by atoms with Gasteiger partial charge in [-0.05, 0) is 43.7 Å². The summed E-state index contributed by atoms with van der Waals surface area (Å²) in [5, 5.41) is 12.0. The standard InChI is InChI=1S/C19H22N2O5S/c1-12-9-13(2)11-15(10-12)17(19(23)24)20-18(22)14-5-7-16(8-6-14)27(25,26)21(3)4/h5-11,17H,1-4H3,(H,20,22)(H,23,24). The van der Waals surface area contributed by atoms with Gasteiger partial charge in [0.2, 0.25) is 10.0 Å². The van der Waals surface area contributed by atoms with Crippen molar-refractivity contribution in [2.45, 2.75) is 24.8 Å². The van der Waals surface area contributed by atoms with Crippen molar-refractivity contribution in [2.24, 2.45) is 0 Å². The Bertz CT molecular complexity index is 946. The second kappa shape index (κ2) is 7.89. The van der Waals surface area contributed by atoms with Crippen molar-refractivity contribution < 1.29 is 23.1 Å². The Balaban J connectivity index is 2.27. The Labute approximate surface area is 158 Å². The Morgan fingerprint density at radius 3 is 1.96 bits per heavy atom. The van der Waals surface area contributed by atoms with Gasteiger partial charge in [0.25, 0.3) is 5.91 Å². The van der Waals surface area contributed by atoms with Gasteiger partial charge < -0.3 is 10.4 Å². The number of nitrogens with one attached hydrogen (secondary N) is 1. The zero-order chi connectivity index (χ0) is 20.4. The van der Waals surface area contributed by atoms with Crippen LogP contribution in [0.2, 0.25) is 0 Å². The summed E-state index contributed by atoms with van der Waals surface area (Å²) in [5.41, 5.74) is 2.43.